The second kappa shape index (κ2) is 7.64. The van der Waals surface area contributed by atoms with Crippen LogP contribution in [0, 0.1) is 0 Å². The molecule has 0 aliphatic carbocycles. The first kappa shape index (κ1) is 15.4. The van der Waals surface area contributed by atoms with Gasteiger partial charge in [-0.1, -0.05) is 12.1 Å². The van der Waals surface area contributed by atoms with Gasteiger partial charge in [-0.25, -0.2) is 4.79 Å². The van der Waals surface area contributed by atoms with Crippen LogP contribution in [0.1, 0.15) is 18.4 Å². The van der Waals surface area contributed by atoms with E-state index in [1.807, 2.05) is 24.3 Å². The number of ether oxygens (including phenoxy) is 2. The van der Waals surface area contributed by atoms with Crippen molar-refractivity contribution in [2.75, 3.05) is 18.5 Å². The summed E-state index contributed by atoms with van der Waals surface area (Å²) in [5.41, 5.74) is 1.62. The van der Waals surface area contributed by atoms with Crippen molar-refractivity contribution >= 4 is 11.7 Å². The van der Waals surface area contributed by atoms with Gasteiger partial charge in [0, 0.05) is 19.3 Å². The highest BCUT2D eigenvalue weighted by Gasteiger charge is 2.15. The van der Waals surface area contributed by atoms with Gasteiger partial charge >= 0.3 is 6.03 Å². The van der Waals surface area contributed by atoms with Crippen LogP contribution >= 0.6 is 0 Å². The van der Waals surface area contributed by atoms with E-state index in [1.165, 1.54) is 0 Å². The quantitative estimate of drug-likeness (QED) is 0.763. The van der Waals surface area contributed by atoms with Gasteiger partial charge < -0.3 is 20.1 Å². The summed E-state index contributed by atoms with van der Waals surface area (Å²) in [6.45, 7) is 1.86. The lowest BCUT2D eigenvalue weighted by Gasteiger charge is -2.12. The highest BCUT2D eigenvalue weighted by molar-refractivity contribution is 5.88. The molecule has 1 saturated heterocycles. The zero-order chi connectivity index (χ0) is 15.9. The maximum Gasteiger partial charge on any atom is 0.319 e. The fourth-order valence-corrected chi connectivity index (χ4v) is 2.35. The smallest absolute Gasteiger partial charge is 0.319 e. The zero-order valence-electron chi connectivity index (χ0n) is 12.7. The Hall–Kier alpha value is -2.54. The number of amides is 2. The van der Waals surface area contributed by atoms with E-state index in [0.29, 0.717) is 18.8 Å². The molecule has 0 saturated carbocycles. The Morgan fingerprint density at radius 3 is 2.96 bits per heavy atom. The van der Waals surface area contributed by atoms with Crippen molar-refractivity contribution < 1.29 is 14.3 Å². The first-order valence-electron chi connectivity index (χ1n) is 7.66. The largest absolute Gasteiger partial charge is 0.491 e. The molecule has 0 radical (unpaired) electrons. The molecule has 2 amide bonds. The molecule has 2 aromatic rings. The highest BCUT2D eigenvalue weighted by atomic mass is 16.5. The first-order chi connectivity index (χ1) is 11.3. The number of urea groups is 1. The van der Waals surface area contributed by atoms with E-state index in [4.69, 9.17) is 9.47 Å². The minimum atomic E-state index is -0.273. The monoisotopic (exact) mass is 316 g/mol. The molecule has 0 spiro atoms. The van der Waals surface area contributed by atoms with Gasteiger partial charge in [0.05, 0.1) is 18.0 Å². The summed E-state index contributed by atoms with van der Waals surface area (Å²) in [5.74, 6) is 0.812. The summed E-state index contributed by atoms with van der Waals surface area (Å²) < 4.78 is 11.2. The standard InChI is InChI=1S/C16H20N4O3/c21-16(20-13-9-18-19-10-13)17-8-12-3-5-14(6-4-12)23-11-15-2-1-7-22-15/h3-6,9-10,15H,1-2,7-8,11H2,(H,18,19)(H2,17,20,21). The number of nitrogens with one attached hydrogen (secondary N) is 3. The molecular weight excluding hydrogens is 296 g/mol. The summed E-state index contributed by atoms with van der Waals surface area (Å²) in [5, 5.41) is 11.8. The number of rotatable bonds is 6. The topological polar surface area (TPSA) is 88.3 Å². The van der Waals surface area contributed by atoms with Crippen molar-refractivity contribution in [2.45, 2.75) is 25.5 Å². The van der Waals surface area contributed by atoms with Crippen LogP contribution in [0.2, 0.25) is 0 Å². The number of carbonyl (C=O) groups is 1. The van der Waals surface area contributed by atoms with Gasteiger partial charge in [0.2, 0.25) is 0 Å². The van der Waals surface area contributed by atoms with E-state index in [2.05, 4.69) is 20.8 Å². The predicted octanol–water partition coefficient (Wildman–Crippen LogP) is 2.29. The molecule has 122 valence electrons. The molecule has 1 atom stereocenters. The zero-order valence-corrected chi connectivity index (χ0v) is 12.7. The van der Waals surface area contributed by atoms with E-state index in [-0.39, 0.29) is 12.1 Å². The van der Waals surface area contributed by atoms with Crippen molar-refractivity contribution in [1.82, 2.24) is 15.5 Å². The Morgan fingerprint density at radius 2 is 2.26 bits per heavy atom. The van der Waals surface area contributed by atoms with Gasteiger partial charge in [-0.2, -0.15) is 5.10 Å². The molecule has 1 aromatic heterocycles. The van der Waals surface area contributed by atoms with E-state index in [0.717, 1.165) is 30.8 Å². The van der Waals surface area contributed by atoms with Crippen LogP contribution in [-0.2, 0) is 11.3 Å². The van der Waals surface area contributed by atoms with Crippen molar-refractivity contribution in [1.29, 1.82) is 0 Å². The normalized spacial score (nSPS) is 17.0. The number of anilines is 1. The van der Waals surface area contributed by atoms with Gasteiger partial charge in [-0.05, 0) is 30.5 Å². The maximum absolute atomic E-state index is 11.7. The van der Waals surface area contributed by atoms with Gasteiger partial charge in [0.1, 0.15) is 12.4 Å². The summed E-state index contributed by atoms with van der Waals surface area (Å²) >= 11 is 0. The van der Waals surface area contributed by atoms with Crippen LogP contribution < -0.4 is 15.4 Å². The Balaban J connectivity index is 1.41. The van der Waals surface area contributed by atoms with E-state index < -0.39 is 0 Å². The molecule has 3 rings (SSSR count). The van der Waals surface area contributed by atoms with Crippen LogP contribution in [0.5, 0.6) is 5.75 Å². The van der Waals surface area contributed by atoms with Crippen LogP contribution in [0.25, 0.3) is 0 Å². The third-order valence-electron chi connectivity index (χ3n) is 3.59. The van der Waals surface area contributed by atoms with Crippen molar-refractivity contribution in [2.24, 2.45) is 0 Å². The molecule has 1 aliphatic heterocycles. The highest BCUT2D eigenvalue weighted by Crippen LogP contribution is 2.16. The number of aromatic nitrogens is 2. The number of benzene rings is 1. The number of hydrogen-bond acceptors (Lipinski definition) is 4. The number of aromatic amines is 1. The third kappa shape index (κ3) is 4.72. The summed E-state index contributed by atoms with van der Waals surface area (Å²) in [7, 11) is 0. The SMILES string of the molecule is O=C(NCc1ccc(OCC2CCCO2)cc1)Nc1cn[nH]c1. The van der Waals surface area contributed by atoms with Crippen LogP contribution in [-0.4, -0.2) is 35.5 Å². The summed E-state index contributed by atoms with van der Waals surface area (Å²) in [6.07, 6.45) is 5.54. The van der Waals surface area contributed by atoms with Crippen LogP contribution in [0.15, 0.2) is 36.7 Å². The van der Waals surface area contributed by atoms with E-state index in [9.17, 15) is 4.79 Å². The second-order valence-corrected chi connectivity index (χ2v) is 5.38. The molecule has 1 fully saturated rings. The average Bonchev–Trinajstić information content (AvgIpc) is 3.25. The van der Waals surface area contributed by atoms with Gasteiger partial charge in [0.15, 0.2) is 0 Å². The van der Waals surface area contributed by atoms with Gasteiger partial charge in [-0.15, -0.1) is 0 Å². The van der Waals surface area contributed by atoms with Crippen molar-refractivity contribution in [3.05, 3.63) is 42.2 Å². The molecule has 1 unspecified atom stereocenters. The fraction of sp³-hybridized carbons (Fsp3) is 0.375. The first-order valence-corrected chi connectivity index (χ1v) is 7.66. The molecular formula is C16H20N4O3. The third-order valence-corrected chi connectivity index (χ3v) is 3.59. The summed E-state index contributed by atoms with van der Waals surface area (Å²) in [6, 6.07) is 7.40. The lowest BCUT2D eigenvalue weighted by molar-refractivity contribution is 0.0679. The Bertz CT molecular complexity index is 607. The Morgan fingerprint density at radius 1 is 1.39 bits per heavy atom. The van der Waals surface area contributed by atoms with Crippen molar-refractivity contribution in [3.63, 3.8) is 0 Å². The lowest BCUT2D eigenvalue weighted by Crippen LogP contribution is -2.27. The maximum atomic E-state index is 11.7. The molecule has 2 heterocycles. The molecule has 1 aliphatic rings. The molecule has 23 heavy (non-hydrogen) atoms. The molecule has 0 bridgehead atoms. The molecule has 7 heteroatoms. The number of nitrogens with zero attached hydrogens (tertiary/aromatic N) is 1. The number of H-pyrrole nitrogens is 1. The van der Waals surface area contributed by atoms with E-state index >= 15 is 0 Å². The Kier molecular flexibility index (Phi) is 5.10. The predicted molar refractivity (Wildman–Crippen MR) is 85.4 cm³/mol. The van der Waals surface area contributed by atoms with Gasteiger partial charge in [0.25, 0.3) is 0 Å². The second-order valence-electron chi connectivity index (χ2n) is 5.38. The molecule has 1 aromatic carbocycles. The van der Waals surface area contributed by atoms with Crippen molar-refractivity contribution in [3.8, 4) is 5.75 Å². The van der Waals surface area contributed by atoms with E-state index in [1.54, 1.807) is 12.4 Å². The fourth-order valence-electron chi connectivity index (χ4n) is 2.35. The summed E-state index contributed by atoms with van der Waals surface area (Å²) in [4.78, 5) is 11.7. The minimum Gasteiger partial charge on any atom is -0.491 e. The Labute approximate surface area is 134 Å². The van der Waals surface area contributed by atoms with Crippen LogP contribution in [0.4, 0.5) is 10.5 Å². The minimum absolute atomic E-state index is 0.211. The van der Waals surface area contributed by atoms with Crippen LogP contribution in [0.3, 0.4) is 0 Å². The number of hydrogen-bond donors (Lipinski definition) is 3. The number of carbonyl (C=O) groups excluding carboxylic acids is 1. The molecule has 3 N–H and O–H groups in total. The molecule has 7 nitrogen and oxygen atoms in total. The van der Waals surface area contributed by atoms with Gasteiger partial charge in [-0.3, -0.25) is 5.10 Å². The average molecular weight is 316 g/mol. The lowest BCUT2D eigenvalue weighted by atomic mass is 10.2.